The second-order valence-electron chi connectivity index (χ2n) is 7.06. The maximum absolute atomic E-state index is 12.1. The molecule has 1 N–H and O–H groups in total. The molecule has 3 heterocycles. The van der Waals surface area contributed by atoms with Gasteiger partial charge in [-0.3, -0.25) is 14.7 Å². The molecular formula is C18H27N3O2. The molecule has 1 aromatic rings. The fourth-order valence-corrected chi connectivity index (χ4v) is 4.09. The summed E-state index contributed by atoms with van der Waals surface area (Å²) in [6.45, 7) is 4.88. The lowest BCUT2D eigenvalue weighted by Crippen LogP contribution is -2.54. The number of hydrogen-bond acceptors (Lipinski definition) is 4. The van der Waals surface area contributed by atoms with Crippen LogP contribution in [0.1, 0.15) is 37.7 Å². The van der Waals surface area contributed by atoms with Crippen molar-refractivity contribution < 1.29 is 9.90 Å². The van der Waals surface area contributed by atoms with Crippen molar-refractivity contribution in [2.45, 2.75) is 38.6 Å². The Bertz CT molecular complexity index is 522. The number of pyridine rings is 1. The first-order valence-electron chi connectivity index (χ1n) is 8.71. The number of rotatable bonds is 5. The molecule has 2 aliphatic heterocycles. The molecule has 0 radical (unpaired) electrons. The minimum Gasteiger partial charge on any atom is -0.396 e. The van der Waals surface area contributed by atoms with E-state index in [1.54, 1.807) is 0 Å². The number of carbonyl (C=O) groups is 1. The van der Waals surface area contributed by atoms with Gasteiger partial charge < -0.3 is 10.0 Å². The molecule has 23 heavy (non-hydrogen) atoms. The van der Waals surface area contributed by atoms with Crippen molar-refractivity contribution in [2.24, 2.45) is 5.41 Å². The number of nitrogens with zero attached hydrogens (tertiary/aromatic N) is 3. The molecule has 5 nitrogen and oxygen atoms in total. The number of amides is 1. The van der Waals surface area contributed by atoms with Crippen molar-refractivity contribution in [1.29, 1.82) is 0 Å². The minimum absolute atomic E-state index is 0.158. The molecule has 0 bridgehead atoms. The van der Waals surface area contributed by atoms with Crippen LogP contribution in [0, 0.1) is 5.41 Å². The number of carbonyl (C=O) groups excluding carboxylic acids is 1. The van der Waals surface area contributed by atoms with Gasteiger partial charge in [-0.2, -0.15) is 0 Å². The van der Waals surface area contributed by atoms with Crippen LogP contribution in [0.5, 0.6) is 0 Å². The Hall–Kier alpha value is -1.46. The number of aliphatic hydroxyl groups excluding tert-OH is 1. The smallest absolute Gasteiger partial charge is 0.222 e. The highest BCUT2D eigenvalue weighted by atomic mass is 16.3. The number of aromatic nitrogens is 1. The molecule has 1 unspecified atom stereocenters. The van der Waals surface area contributed by atoms with Gasteiger partial charge in [0.25, 0.3) is 0 Å². The van der Waals surface area contributed by atoms with Crippen molar-refractivity contribution >= 4 is 5.91 Å². The summed E-state index contributed by atoms with van der Waals surface area (Å²) in [6.07, 6.45) is 8.47. The van der Waals surface area contributed by atoms with Gasteiger partial charge in [0.1, 0.15) is 0 Å². The van der Waals surface area contributed by atoms with E-state index in [1.165, 1.54) is 18.4 Å². The first kappa shape index (κ1) is 16.4. The second kappa shape index (κ2) is 7.41. The van der Waals surface area contributed by atoms with Crippen molar-refractivity contribution in [3.05, 3.63) is 30.1 Å². The van der Waals surface area contributed by atoms with Gasteiger partial charge in [0.15, 0.2) is 0 Å². The summed E-state index contributed by atoms with van der Waals surface area (Å²) in [5, 5.41) is 9.04. The third-order valence-electron chi connectivity index (χ3n) is 5.23. The Morgan fingerprint density at radius 1 is 1.22 bits per heavy atom. The highest BCUT2D eigenvalue weighted by molar-refractivity contribution is 5.77. The number of likely N-dealkylation sites (tertiary alicyclic amines) is 2. The van der Waals surface area contributed by atoms with E-state index in [0.29, 0.717) is 19.4 Å². The average Bonchev–Trinajstić information content (AvgIpc) is 2.57. The highest BCUT2D eigenvalue weighted by Gasteiger charge is 2.41. The van der Waals surface area contributed by atoms with Crippen LogP contribution in [0.25, 0.3) is 0 Å². The summed E-state index contributed by atoms with van der Waals surface area (Å²) >= 11 is 0. The highest BCUT2D eigenvalue weighted by Crippen LogP contribution is 2.39. The molecular weight excluding hydrogens is 290 g/mol. The first-order valence-corrected chi connectivity index (χ1v) is 8.71. The zero-order valence-electron chi connectivity index (χ0n) is 13.8. The fraction of sp³-hybridized carbons (Fsp3) is 0.667. The summed E-state index contributed by atoms with van der Waals surface area (Å²) in [4.78, 5) is 20.7. The second-order valence-corrected chi connectivity index (χ2v) is 7.06. The lowest BCUT2D eigenvalue weighted by Gasteiger charge is -2.48. The summed E-state index contributed by atoms with van der Waals surface area (Å²) < 4.78 is 0. The molecule has 1 spiro atoms. The molecule has 3 rings (SSSR count). The van der Waals surface area contributed by atoms with Gasteiger partial charge in [-0.25, -0.2) is 0 Å². The Kier molecular flexibility index (Phi) is 5.28. The normalized spacial score (nSPS) is 26.0. The van der Waals surface area contributed by atoms with Crippen molar-refractivity contribution in [3.8, 4) is 0 Å². The Morgan fingerprint density at radius 3 is 2.83 bits per heavy atom. The molecule has 5 heteroatoms. The first-order chi connectivity index (χ1) is 11.2. The zero-order valence-corrected chi connectivity index (χ0v) is 13.8. The van der Waals surface area contributed by atoms with E-state index < -0.39 is 0 Å². The van der Waals surface area contributed by atoms with Crippen molar-refractivity contribution in [1.82, 2.24) is 14.8 Å². The number of piperidine rings is 2. The Labute approximate surface area is 138 Å². The zero-order chi connectivity index (χ0) is 16.1. The van der Waals surface area contributed by atoms with E-state index >= 15 is 0 Å². The van der Waals surface area contributed by atoms with Gasteiger partial charge in [-0.1, -0.05) is 0 Å². The molecule has 2 saturated heterocycles. The van der Waals surface area contributed by atoms with Crippen molar-refractivity contribution in [3.63, 3.8) is 0 Å². The molecule has 0 aliphatic carbocycles. The lowest BCUT2D eigenvalue weighted by atomic mass is 9.73. The molecule has 1 atom stereocenters. The van der Waals surface area contributed by atoms with E-state index in [0.717, 1.165) is 32.6 Å². The third kappa shape index (κ3) is 4.09. The van der Waals surface area contributed by atoms with Gasteiger partial charge in [0.05, 0.1) is 0 Å². The summed E-state index contributed by atoms with van der Waals surface area (Å²) in [7, 11) is 0. The molecule has 0 saturated carbocycles. The molecule has 1 aromatic heterocycles. The van der Waals surface area contributed by atoms with Crippen molar-refractivity contribution in [2.75, 3.05) is 32.8 Å². The maximum atomic E-state index is 12.1. The molecule has 2 fully saturated rings. The predicted octanol–water partition coefficient (Wildman–Crippen LogP) is 1.67. The summed E-state index contributed by atoms with van der Waals surface area (Å²) in [6, 6.07) is 4.17. The van der Waals surface area contributed by atoms with E-state index in [1.807, 2.05) is 17.3 Å². The van der Waals surface area contributed by atoms with E-state index in [4.69, 9.17) is 5.11 Å². The number of aliphatic hydroxyl groups is 1. The molecule has 1 amide bonds. The average molecular weight is 317 g/mol. The van der Waals surface area contributed by atoms with E-state index in [-0.39, 0.29) is 17.9 Å². The quantitative estimate of drug-likeness (QED) is 0.897. The van der Waals surface area contributed by atoms with Crippen LogP contribution in [-0.2, 0) is 11.3 Å². The Morgan fingerprint density at radius 2 is 2.04 bits per heavy atom. The molecule has 126 valence electrons. The number of hydrogen-bond donors (Lipinski definition) is 1. The van der Waals surface area contributed by atoms with Crippen LogP contribution in [0.4, 0.5) is 0 Å². The largest absolute Gasteiger partial charge is 0.396 e. The molecule has 2 aliphatic rings. The van der Waals surface area contributed by atoms with Crippen LogP contribution >= 0.6 is 0 Å². The van der Waals surface area contributed by atoms with Gasteiger partial charge in [0.2, 0.25) is 5.91 Å². The SMILES string of the molecule is O=C1CCC2(CCCN(Cc3ccncc3)C2)CN1CCCO. The van der Waals surface area contributed by atoms with Gasteiger partial charge in [-0.15, -0.1) is 0 Å². The van der Waals surface area contributed by atoms with Gasteiger partial charge in [0, 0.05) is 57.0 Å². The third-order valence-corrected chi connectivity index (χ3v) is 5.23. The monoisotopic (exact) mass is 317 g/mol. The van der Waals surface area contributed by atoms with Gasteiger partial charge in [-0.05, 0) is 49.9 Å². The predicted molar refractivity (Wildman–Crippen MR) is 88.7 cm³/mol. The topological polar surface area (TPSA) is 56.7 Å². The van der Waals surface area contributed by atoms with Crippen LogP contribution in [-0.4, -0.2) is 58.6 Å². The van der Waals surface area contributed by atoms with Crippen LogP contribution < -0.4 is 0 Å². The summed E-state index contributed by atoms with van der Waals surface area (Å²) in [5.41, 5.74) is 1.55. The van der Waals surface area contributed by atoms with Crippen LogP contribution in [0.2, 0.25) is 0 Å². The van der Waals surface area contributed by atoms with Gasteiger partial charge >= 0.3 is 0 Å². The fourth-order valence-electron chi connectivity index (χ4n) is 4.09. The Balaban J connectivity index is 1.63. The van der Waals surface area contributed by atoms with Crippen LogP contribution in [0.15, 0.2) is 24.5 Å². The van der Waals surface area contributed by atoms with Crippen LogP contribution in [0.3, 0.4) is 0 Å². The maximum Gasteiger partial charge on any atom is 0.222 e. The lowest BCUT2D eigenvalue weighted by molar-refractivity contribution is -0.139. The van der Waals surface area contributed by atoms with E-state index in [2.05, 4.69) is 22.0 Å². The summed E-state index contributed by atoms with van der Waals surface area (Å²) in [5.74, 6) is 0.260. The minimum atomic E-state index is 0.158. The standard InChI is InChI=1S/C18H27N3O2/c22-12-2-11-21-15-18(7-3-17(21)23)6-1-10-20(14-18)13-16-4-8-19-9-5-16/h4-5,8-9,22H,1-3,6-7,10-15H2. The molecule has 0 aromatic carbocycles. The van der Waals surface area contributed by atoms with E-state index in [9.17, 15) is 4.79 Å².